The fraction of sp³-hybridized carbons (Fsp3) is 0. The molecule has 0 unspecified atom stereocenters. The van der Waals surface area contributed by atoms with E-state index in [1.165, 1.54) is 12.1 Å². The van der Waals surface area contributed by atoms with Crippen molar-refractivity contribution in [2.45, 2.75) is 0 Å². The molecule has 0 aliphatic rings. The molecule has 2 aromatic rings. The van der Waals surface area contributed by atoms with Gasteiger partial charge in [0.25, 0.3) is 0 Å². The Bertz CT molecular complexity index is 607. The number of azo groups is 1. The average molecular weight is 322 g/mol. The second-order valence-electron chi connectivity index (χ2n) is 3.61. The number of hydrogen-bond acceptors (Lipinski definition) is 4. The van der Waals surface area contributed by atoms with E-state index in [1.807, 2.05) is 30.3 Å². The SMILES string of the molecule is O=[As](O)(O)Oc1ccc(N=Nc2ccccc2)cc1. The summed E-state index contributed by atoms with van der Waals surface area (Å²) in [5, 5.41) is 8.01. The molecule has 0 radical (unpaired) electrons. The minimum absolute atomic E-state index is 0.103. The number of benzene rings is 2. The van der Waals surface area contributed by atoms with Gasteiger partial charge in [0.1, 0.15) is 0 Å². The van der Waals surface area contributed by atoms with Crippen molar-refractivity contribution in [3.63, 3.8) is 0 Å². The number of nitrogens with zero attached hydrogens (tertiary/aromatic N) is 2. The Morgan fingerprint density at radius 1 is 0.842 bits per heavy atom. The van der Waals surface area contributed by atoms with Gasteiger partial charge < -0.3 is 0 Å². The van der Waals surface area contributed by atoms with Gasteiger partial charge in [-0.15, -0.1) is 0 Å². The number of rotatable bonds is 4. The summed E-state index contributed by atoms with van der Waals surface area (Å²) in [6.45, 7) is 0. The maximum absolute atomic E-state index is 10.7. The molecule has 2 N–H and O–H groups in total. The van der Waals surface area contributed by atoms with Crippen molar-refractivity contribution in [1.82, 2.24) is 0 Å². The van der Waals surface area contributed by atoms with Crippen molar-refractivity contribution in [3.8, 4) is 5.75 Å². The van der Waals surface area contributed by atoms with Gasteiger partial charge in [0.2, 0.25) is 0 Å². The topological polar surface area (TPSA) is 91.5 Å². The first-order valence-electron chi connectivity index (χ1n) is 5.35. The molecule has 0 saturated heterocycles. The molecule has 6 nitrogen and oxygen atoms in total. The van der Waals surface area contributed by atoms with Crippen LogP contribution in [0.1, 0.15) is 0 Å². The molecular formula is C12H11AsN2O4. The Kier molecular flexibility index (Phi) is 4.16. The molecule has 0 aromatic heterocycles. The van der Waals surface area contributed by atoms with E-state index in [4.69, 9.17) is 8.19 Å². The molecule has 0 aliphatic heterocycles. The van der Waals surface area contributed by atoms with Crippen LogP contribution in [-0.2, 0) is 3.74 Å². The van der Waals surface area contributed by atoms with Gasteiger partial charge in [-0.05, 0) is 0 Å². The Balaban J connectivity index is 2.07. The molecule has 0 bridgehead atoms. The maximum atomic E-state index is 10.7. The van der Waals surface area contributed by atoms with Crippen LogP contribution in [0.3, 0.4) is 0 Å². The molecule has 0 amide bonds. The van der Waals surface area contributed by atoms with Crippen LogP contribution in [0, 0.1) is 0 Å². The second kappa shape index (κ2) is 5.84. The summed E-state index contributed by atoms with van der Waals surface area (Å²) in [6, 6.07) is 15.2. The minimum atomic E-state index is -5.11. The molecule has 0 heterocycles. The molecular weight excluding hydrogens is 311 g/mol. The van der Waals surface area contributed by atoms with Gasteiger partial charge in [-0.3, -0.25) is 0 Å². The first-order valence-corrected chi connectivity index (χ1v) is 8.56. The van der Waals surface area contributed by atoms with Gasteiger partial charge in [-0.2, -0.15) is 0 Å². The molecule has 0 spiro atoms. The van der Waals surface area contributed by atoms with Crippen LogP contribution in [0.2, 0.25) is 0 Å². The number of hydrogen-bond donors (Lipinski definition) is 2. The van der Waals surface area contributed by atoms with Crippen molar-refractivity contribution in [3.05, 3.63) is 54.6 Å². The van der Waals surface area contributed by atoms with E-state index in [1.54, 1.807) is 12.1 Å². The fourth-order valence-electron chi connectivity index (χ4n) is 1.32. The zero-order valence-electron chi connectivity index (χ0n) is 9.75. The monoisotopic (exact) mass is 322 g/mol. The van der Waals surface area contributed by atoms with Crippen LogP contribution < -0.4 is 3.73 Å². The Hall–Kier alpha value is -1.88. The standard InChI is InChI=1S/C12H11AsN2O4/c16-13(17,18)19-12-8-6-11(7-9-12)15-14-10-4-2-1-3-5-10/h1-9H,(H2,16,17,18). The molecule has 2 rings (SSSR count). The molecule has 0 aliphatic carbocycles. The summed E-state index contributed by atoms with van der Waals surface area (Å²) in [6.07, 6.45) is 0. The second-order valence-corrected chi connectivity index (χ2v) is 6.05. The average Bonchev–Trinajstić information content (AvgIpc) is 2.37. The summed E-state index contributed by atoms with van der Waals surface area (Å²) in [5.74, 6) is 0.103. The van der Waals surface area contributed by atoms with Crippen molar-refractivity contribution >= 4 is 25.9 Å². The van der Waals surface area contributed by atoms with Crippen molar-refractivity contribution in [2.75, 3.05) is 0 Å². The normalized spacial score (nSPS) is 11.7. The summed E-state index contributed by atoms with van der Waals surface area (Å²) in [4.78, 5) is 0. The third-order valence-electron chi connectivity index (χ3n) is 2.10. The summed E-state index contributed by atoms with van der Waals surface area (Å²) >= 11 is -5.11. The van der Waals surface area contributed by atoms with E-state index in [9.17, 15) is 3.74 Å². The summed E-state index contributed by atoms with van der Waals surface area (Å²) in [5.41, 5.74) is 1.29. The molecule has 0 saturated carbocycles. The first kappa shape index (κ1) is 13.5. The van der Waals surface area contributed by atoms with Crippen LogP contribution in [-0.4, -0.2) is 22.7 Å². The molecule has 98 valence electrons. The molecule has 7 heteroatoms. The van der Waals surface area contributed by atoms with E-state index in [2.05, 4.69) is 14.0 Å². The molecule has 0 atom stereocenters. The zero-order valence-corrected chi connectivity index (χ0v) is 11.6. The van der Waals surface area contributed by atoms with Crippen LogP contribution in [0.4, 0.5) is 11.4 Å². The van der Waals surface area contributed by atoms with Crippen molar-refractivity contribution < 1.29 is 15.7 Å². The van der Waals surface area contributed by atoms with Crippen LogP contribution in [0.25, 0.3) is 0 Å². The quantitative estimate of drug-likeness (QED) is 0.667. The van der Waals surface area contributed by atoms with Gasteiger partial charge in [0.05, 0.1) is 0 Å². The van der Waals surface area contributed by atoms with E-state index in [-0.39, 0.29) is 5.75 Å². The van der Waals surface area contributed by atoms with Crippen molar-refractivity contribution in [1.29, 1.82) is 0 Å². The molecule has 2 aromatic carbocycles. The Morgan fingerprint density at radius 3 is 1.89 bits per heavy atom. The third-order valence-corrected chi connectivity index (χ3v) is 3.04. The molecule has 0 fully saturated rings. The van der Waals surface area contributed by atoms with Crippen LogP contribution >= 0.6 is 0 Å². The van der Waals surface area contributed by atoms with Gasteiger partial charge in [0.15, 0.2) is 0 Å². The van der Waals surface area contributed by atoms with Crippen molar-refractivity contribution in [2.24, 2.45) is 10.2 Å². The van der Waals surface area contributed by atoms with Crippen LogP contribution in [0.15, 0.2) is 64.8 Å². The van der Waals surface area contributed by atoms with Gasteiger partial charge >= 0.3 is 112 Å². The zero-order chi connectivity index (χ0) is 13.7. The van der Waals surface area contributed by atoms with E-state index in [0.717, 1.165) is 5.69 Å². The fourth-order valence-corrected chi connectivity index (χ4v) is 2.15. The first-order chi connectivity index (χ1) is 9.03. The van der Waals surface area contributed by atoms with Gasteiger partial charge in [-0.1, -0.05) is 0 Å². The Labute approximate surface area is 112 Å². The van der Waals surface area contributed by atoms with Crippen LogP contribution in [0.5, 0.6) is 5.75 Å². The van der Waals surface area contributed by atoms with E-state index >= 15 is 0 Å². The third kappa shape index (κ3) is 4.71. The summed E-state index contributed by atoms with van der Waals surface area (Å²) < 4.78 is 32.6. The summed E-state index contributed by atoms with van der Waals surface area (Å²) in [7, 11) is 0. The van der Waals surface area contributed by atoms with Gasteiger partial charge in [0, 0.05) is 0 Å². The Morgan fingerprint density at radius 2 is 1.37 bits per heavy atom. The van der Waals surface area contributed by atoms with E-state index in [0.29, 0.717) is 5.69 Å². The van der Waals surface area contributed by atoms with Gasteiger partial charge in [-0.25, -0.2) is 0 Å². The van der Waals surface area contributed by atoms with E-state index < -0.39 is 14.5 Å². The predicted octanol–water partition coefficient (Wildman–Crippen LogP) is 2.33. The predicted molar refractivity (Wildman–Crippen MR) is 68.6 cm³/mol. The molecule has 19 heavy (non-hydrogen) atoms.